The molecule has 0 aliphatic carbocycles. The van der Waals surface area contributed by atoms with Crippen molar-refractivity contribution < 1.29 is 35.4 Å². The second-order valence-electron chi connectivity index (χ2n) is 9.39. The average molecular weight is 515 g/mol. The highest BCUT2D eigenvalue weighted by Gasteiger charge is 2.39. The van der Waals surface area contributed by atoms with Crippen molar-refractivity contribution in [2.75, 3.05) is 13.2 Å². The molecule has 0 saturated carbocycles. The van der Waals surface area contributed by atoms with Crippen molar-refractivity contribution in [3.05, 3.63) is 58.7 Å². The Balaban J connectivity index is 2.05. The van der Waals surface area contributed by atoms with Gasteiger partial charge < -0.3 is 9.47 Å². The lowest BCUT2D eigenvalue weighted by atomic mass is 9.89. The lowest BCUT2D eigenvalue weighted by Crippen LogP contribution is -2.50. The lowest BCUT2D eigenvalue weighted by molar-refractivity contribution is -0.175. The van der Waals surface area contributed by atoms with Gasteiger partial charge in [0.25, 0.3) is 20.2 Å². The van der Waals surface area contributed by atoms with Crippen LogP contribution < -0.4 is 0 Å². The number of ether oxygens (including phenoxy) is 2. The number of hydrogen-bond donors (Lipinski definition) is 2. The highest BCUT2D eigenvalue weighted by molar-refractivity contribution is 7.86. The summed E-state index contributed by atoms with van der Waals surface area (Å²) in [5.74, 6) is 0. The molecule has 0 spiro atoms. The number of aryl methyl sites for hydroxylation is 2. The molecule has 2 aromatic carbocycles. The third-order valence-electron chi connectivity index (χ3n) is 6.11. The molecule has 0 aliphatic rings. The summed E-state index contributed by atoms with van der Waals surface area (Å²) < 4.78 is 77.8. The van der Waals surface area contributed by atoms with Gasteiger partial charge in [0.05, 0.1) is 34.2 Å². The molecule has 2 aromatic rings. The molecule has 0 unspecified atom stereocenters. The van der Waals surface area contributed by atoms with Crippen LogP contribution in [0.5, 0.6) is 0 Å². The summed E-state index contributed by atoms with van der Waals surface area (Å²) in [6.07, 6.45) is 0.550. The number of benzene rings is 2. The topological polar surface area (TPSA) is 127 Å². The summed E-state index contributed by atoms with van der Waals surface area (Å²) in [6.45, 7) is 11.5. The van der Waals surface area contributed by atoms with E-state index in [-0.39, 0.29) is 35.8 Å². The minimum absolute atomic E-state index is 0.136. The van der Waals surface area contributed by atoms with E-state index < -0.39 is 31.4 Å². The van der Waals surface area contributed by atoms with E-state index in [0.29, 0.717) is 11.1 Å². The van der Waals surface area contributed by atoms with Crippen LogP contribution >= 0.6 is 0 Å². The molecule has 0 bridgehead atoms. The van der Waals surface area contributed by atoms with Crippen LogP contribution in [0.1, 0.15) is 49.9 Å². The van der Waals surface area contributed by atoms with Crippen molar-refractivity contribution in [1.82, 2.24) is 0 Å². The van der Waals surface area contributed by atoms with E-state index in [1.807, 2.05) is 41.5 Å². The summed E-state index contributed by atoms with van der Waals surface area (Å²) >= 11 is 0. The van der Waals surface area contributed by atoms with E-state index >= 15 is 0 Å². The molecule has 2 N–H and O–H groups in total. The van der Waals surface area contributed by atoms with Crippen LogP contribution in [-0.4, -0.2) is 50.4 Å². The Kier molecular flexibility index (Phi) is 8.72. The molecule has 34 heavy (non-hydrogen) atoms. The van der Waals surface area contributed by atoms with Crippen molar-refractivity contribution >= 4 is 20.2 Å². The molecular weight excluding hydrogens is 480 g/mol. The van der Waals surface area contributed by atoms with E-state index in [0.717, 1.165) is 11.1 Å². The lowest BCUT2D eigenvalue weighted by Gasteiger charge is -2.41. The van der Waals surface area contributed by atoms with Gasteiger partial charge in [-0.25, -0.2) is 0 Å². The molecule has 10 heteroatoms. The van der Waals surface area contributed by atoms with Crippen LogP contribution in [0.3, 0.4) is 0 Å². The fraction of sp³-hybridized carbons (Fsp3) is 0.500. The summed E-state index contributed by atoms with van der Waals surface area (Å²) in [6, 6.07) is 9.41. The highest BCUT2D eigenvalue weighted by Crippen LogP contribution is 2.30. The molecule has 0 saturated heterocycles. The fourth-order valence-corrected chi connectivity index (χ4v) is 4.96. The van der Waals surface area contributed by atoms with Crippen molar-refractivity contribution in [3.63, 3.8) is 0 Å². The Morgan fingerprint density at radius 1 is 0.676 bits per heavy atom. The van der Waals surface area contributed by atoms with Gasteiger partial charge >= 0.3 is 0 Å². The van der Waals surface area contributed by atoms with Crippen molar-refractivity contribution in [2.45, 2.75) is 75.4 Å². The van der Waals surface area contributed by atoms with Crippen LogP contribution in [0.4, 0.5) is 0 Å². The molecule has 0 aromatic heterocycles. The average Bonchev–Trinajstić information content (AvgIpc) is 2.65. The molecule has 0 atom stereocenters. The second kappa shape index (κ2) is 10.4. The number of hydrogen-bond acceptors (Lipinski definition) is 6. The Bertz CT molecular complexity index is 1130. The van der Waals surface area contributed by atoms with Crippen LogP contribution in [0, 0.1) is 13.8 Å². The van der Waals surface area contributed by atoms with E-state index in [2.05, 4.69) is 0 Å². The second-order valence-corrected chi connectivity index (χ2v) is 12.2. The van der Waals surface area contributed by atoms with E-state index in [1.165, 1.54) is 12.1 Å². The summed E-state index contributed by atoms with van der Waals surface area (Å²) in [7, 11) is -8.68. The van der Waals surface area contributed by atoms with Gasteiger partial charge in [-0.1, -0.05) is 35.4 Å². The SMILES string of the molecule is Cc1ccc(S(=O)(=O)O)c(CCOC(C)(C)C(C)(C)OCCc2cc(C)ccc2S(=O)(=O)O)c1. The van der Waals surface area contributed by atoms with Crippen LogP contribution in [0.2, 0.25) is 0 Å². The fourth-order valence-electron chi connectivity index (χ4n) is 3.49. The Morgan fingerprint density at radius 2 is 1.00 bits per heavy atom. The zero-order valence-electron chi connectivity index (χ0n) is 20.5. The smallest absolute Gasteiger partial charge is 0.294 e. The van der Waals surface area contributed by atoms with E-state index in [9.17, 15) is 25.9 Å². The minimum Gasteiger partial charge on any atom is -0.372 e. The minimum atomic E-state index is -4.34. The van der Waals surface area contributed by atoms with Crippen LogP contribution in [0.15, 0.2) is 46.2 Å². The van der Waals surface area contributed by atoms with Crippen molar-refractivity contribution in [3.8, 4) is 0 Å². The van der Waals surface area contributed by atoms with Gasteiger partial charge in [0.1, 0.15) is 0 Å². The normalized spacial score (nSPS) is 13.3. The third-order valence-corrected chi connectivity index (χ3v) is 8.01. The maximum atomic E-state index is 11.7. The van der Waals surface area contributed by atoms with Gasteiger partial charge in [0.2, 0.25) is 0 Å². The first-order chi connectivity index (χ1) is 15.4. The molecule has 0 amide bonds. The number of rotatable bonds is 11. The van der Waals surface area contributed by atoms with Crippen LogP contribution in [0.25, 0.3) is 0 Å². The zero-order chi connectivity index (χ0) is 25.9. The summed E-state index contributed by atoms with van der Waals surface area (Å²) in [5, 5.41) is 0. The maximum absolute atomic E-state index is 11.7. The molecule has 0 aliphatic heterocycles. The van der Waals surface area contributed by atoms with E-state index in [4.69, 9.17) is 9.47 Å². The molecule has 0 heterocycles. The monoisotopic (exact) mass is 514 g/mol. The van der Waals surface area contributed by atoms with Gasteiger partial charge in [-0.3, -0.25) is 9.11 Å². The standard InChI is InChI=1S/C24H34O8S2/c1-17-7-9-21(33(25,26)27)19(15-17)11-13-31-23(3,4)24(5,6)32-14-12-20-16-18(2)8-10-22(20)34(28,29)30/h7-10,15-16H,11-14H2,1-6H3,(H,25,26,27)(H,28,29,30). The van der Waals surface area contributed by atoms with Gasteiger partial charge in [-0.05, 0) is 77.6 Å². The molecule has 8 nitrogen and oxygen atoms in total. The molecule has 2 rings (SSSR count). The van der Waals surface area contributed by atoms with Gasteiger partial charge in [-0.15, -0.1) is 0 Å². The molecular formula is C24H34O8S2. The third kappa shape index (κ3) is 7.34. The van der Waals surface area contributed by atoms with Gasteiger partial charge in [0, 0.05) is 0 Å². The zero-order valence-corrected chi connectivity index (χ0v) is 22.1. The first kappa shape index (κ1) is 28.4. The summed E-state index contributed by atoms with van der Waals surface area (Å²) in [4.78, 5) is -0.273. The Labute approximate surface area is 202 Å². The van der Waals surface area contributed by atoms with Crippen molar-refractivity contribution in [1.29, 1.82) is 0 Å². The molecule has 0 fully saturated rings. The molecule has 190 valence electrons. The van der Waals surface area contributed by atoms with Gasteiger partial charge in [0.15, 0.2) is 0 Å². The highest BCUT2D eigenvalue weighted by atomic mass is 32.2. The van der Waals surface area contributed by atoms with Crippen molar-refractivity contribution in [2.24, 2.45) is 0 Å². The Morgan fingerprint density at radius 3 is 1.29 bits per heavy atom. The van der Waals surface area contributed by atoms with Gasteiger partial charge in [-0.2, -0.15) is 16.8 Å². The quantitative estimate of drug-likeness (QED) is 0.428. The summed E-state index contributed by atoms with van der Waals surface area (Å²) in [5.41, 5.74) is 1.10. The first-order valence-electron chi connectivity index (χ1n) is 10.9. The first-order valence-corrected chi connectivity index (χ1v) is 13.7. The van der Waals surface area contributed by atoms with Crippen LogP contribution in [-0.2, 0) is 42.6 Å². The largest absolute Gasteiger partial charge is 0.372 e. The van der Waals surface area contributed by atoms with E-state index in [1.54, 1.807) is 24.3 Å². The predicted octanol–water partition coefficient (Wildman–Crippen LogP) is 4.17. The Hall–Kier alpha value is -1.82. The maximum Gasteiger partial charge on any atom is 0.294 e. The predicted molar refractivity (Wildman–Crippen MR) is 129 cm³/mol. The molecule has 0 radical (unpaired) electrons.